The van der Waals surface area contributed by atoms with Crippen LogP contribution in [0.3, 0.4) is 0 Å². The molecule has 0 amide bonds. The topological polar surface area (TPSA) is 39.8 Å². The number of fused-ring (bicyclic) bond motifs is 1. The molecule has 0 saturated carbocycles. The van der Waals surface area contributed by atoms with Gasteiger partial charge in [0.15, 0.2) is 0 Å². The van der Waals surface area contributed by atoms with E-state index in [1.165, 1.54) is 16.9 Å². The summed E-state index contributed by atoms with van der Waals surface area (Å²) in [6.07, 6.45) is 0.553. The number of hydrogen-bond acceptors (Lipinski definition) is 5. The molecule has 0 aromatic heterocycles. The number of rotatable bonds is 3. The monoisotopic (exact) mass is 338 g/mol. The summed E-state index contributed by atoms with van der Waals surface area (Å²) >= 11 is 0. The quantitative estimate of drug-likeness (QED) is 0.890. The maximum atomic E-state index is 5.82. The van der Waals surface area contributed by atoms with Crippen LogP contribution in [0.4, 0.5) is 22.7 Å². The number of benzene rings is 2. The van der Waals surface area contributed by atoms with E-state index in [0.717, 1.165) is 31.0 Å². The molecular formula is C20H26N4O. The second-order valence-electron chi connectivity index (χ2n) is 7.17. The van der Waals surface area contributed by atoms with Crippen molar-refractivity contribution in [1.82, 2.24) is 5.01 Å². The Kier molecular flexibility index (Phi) is 4.27. The summed E-state index contributed by atoms with van der Waals surface area (Å²) in [5, 5.41) is 5.59. The molecule has 0 spiro atoms. The lowest BCUT2D eigenvalue weighted by molar-refractivity contribution is -0.00521. The van der Waals surface area contributed by atoms with Crippen LogP contribution >= 0.6 is 0 Å². The van der Waals surface area contributed by atoms with Crippen molar-refractivity contribution in [1.29, 1.82) is 0 Å². The third kappa shape index (κ3) is 3.57. The van der Waals surface area contributed by atoms with Crippen molar-refractivity contribution in [3.63, 3.8) is 0 Å². The van der Waals surface area contributed by atoms with Gasteiger partial charge < -0.3 is 20.4 Å². The summed E-state index contributed by atoms with van der Waals surface area (Å²) in [6.45, 7) is 7.11. The highest BCUT2D eigenvalue weighted by Gasteiger charge is 2.22. The van der Waals surface area contributed by atoms with Crippen LogP contribution in [-0.2, 0) is 11.3 Å². The molecule has 2 atom stereocenters. The Labute approximate surface area is 149 Å². The highest BCUT2D eigenvalue weighted by molar-refractivity contribution is 5.69. The summed E-state index contributed by atoms with van der Waals surface area (Å²) in [5.41, 5.74) is 9.33. The highest BCUT2D eigenvalue weighted by Crippen LogP contribution is 2.29. The minimum absolute atomic E-state index is 0.276. The molecule has 132 valence electrons. The first-order valence-electron chi connectivity index (χ1n) is 8.95. The second kappa shape index (κ2) is 6.58. The van der Waals surface area contributed by atoms with Gasteiger partial charge in [0.05, 0.1) is 17.9 Å². The molecule has 0 bridgehead atoms. The van der Waals surface area contributed by atoms with Gasteiger partial charge in [-0.1, -0.05) is 6.07 Å². The van der Waals surface area contributed by atoms with Crippen molar-refractivity contribution in [3.8, 4) is 0 Å². The van der Waals surface area contributed by atoms with Crippen molar-refractivity contribution in [3.05, 3.63) is 48.0 Å². The Hall–Kier alpha value is -2.24. The van der Waals surface area contributed by atoms with Crippen LogP contribution in [0.1, 0.15) is 19.4 Å². The lowest BCUT2D eigenvalue weighted by Gasteiger charge is -2.36. The van der Waals surface area contributed by atoms with E-state index in [4.69, 9.17) is 4.74 Å². The number of anilines is 4. The maximum Gasteiger partial charge on any atom is 0.0726 e. The van der Waals surface area contributed by atoms with Crippen LogP contribution in [0, 0.1) is 0 Å². The van der Waals surface area contributed by atoms with E-state index in [9.17, 15) is 0 Å². The molecule has 5 heteroatoms. The average molecular weight is 338 g/mol. The molecule has 1 fully saturated rings. The number of nitrogens with one attached hydrogen (secondary N) is 2. The van der Waals surface area contributed by atoms with Crippen LogP contribution in [0.2, 0.25) is 0 Å². The van der Waals surface area contributed by atoms with Gasteiger partial charge in [0, 0.05) is 43.7 Å². The summed E-state index contributed by atoms with van der Waals surface area (Å²) in [6, 6.07) is 15.1. The highest BCUT2D eigenvalue weighted by atomic mass is 16.5. The largest absolute Gasteiger partial charge is 0.372 e. The third-order valence-corrected chi connectivity index (χ3v) is 4.77. The molecule has 2 heterocycles. The summed E-state index contributed by atoms with van der Waals surface area (Å²) in [7, 11) is 2.05. The lowest BCUT2D eigenvalue weighted by Crippen LogP contribution is -2.45. The van der Waals surface area contributed by atoms with Gasteiger partial charge in [0.1, 0.15) is 0 Å². The normalized spacial score (nSPS) is 23.2. The molecule has 2 aromatic carbocycles. The minimum Gasteiger partial charge on any atom is -0.372 e. The van der Waals surface area contributed by atoms with Gasteiger partial charge in [-0.15, -0.1) is 0 Å². The molecule has 2 aromatic rings. The number of morpholine rings is 1. The molecule has 25 heavy (non-hydrogen) atoms. The van der Waals surface area contributed by atoms with Gasteiger partial charge in [0.2, 0.25) is 0 Å². The van der Waals surface area contributed by atoms with E-state index >= 15 is 0 Å². The number of hydrazine groups is 1. The predicted octanol–water partition coefficient (Wildman–Crippen LogP) is 3.82. The molecular weight excluding hydrogens is 312 g/mol. The van der Waals surface area contributed by atoms with E-state index in [1.54, 1.807) is 0 Å². The SMILES string of the molecule is CC1CN(c2ccc(Nc3ccc4c(c3)NN(C)C4)cc2)CC(C)O1. The van der Waals surface area contributed by atoms with Crippen LogP contribution in [0.25, 0.3) is 0 Å². The van der Waals surface area contributed by atoms with Gasteiger partial charge >= 0.3 is 0 Å². The van der Waals surface area contributed by atoms with Crippen LogP contribution < -0.4 is 15.6 Å². The Bertz CT molecular complexity index is 736. The standard InChI is InChI=1S/C20H26N4O/c1-14-11-24(12-15(2)25-14)19-8-6-17(7-9-19)21-18-5-4-16-13-23(3)22-20(16)10-18/h4-10,14-15,21-22H,11-13H2,1-3H3. The van der Waals surface area contributed by atoms with Gasteiger partial charge in [-0.05, 0) is 55.8 Å². The van der Waals surface area contributed by atoms with E-state index < -0.39 is 0 Å². The number of hydrogen-bond donors (Lipinski definition) is 2. The fourth-order valence-corrected chi connectivity index (χ4v) is 3.71. The number of ether oxygens (including phenoxy) is 1. The molecule has 0 aliphatic carbocycles. The maximum absolute atomic E-state index is 5.82. The average Bonchev–Trinajstić information content (AvgIpc) is 2.94. The summed E-state index contributed by atoms with van der Waals surface area (Å²) in [5.74, 6) is 0. The zero-order valence-electron chi connectivity index (χ0n) is 15.1. The van der Waals surface area contributed by atoms with Gasteiger partial charge in [-0.25, -0.2) is 5.01 Å². The molecule has 0 radical (unpaired) electrons. The van der Waals surface area contributed by atoms with Gasteiger partial charge in [0.25, 0.3) is 0 Å². The van der Waals surface area contributed by atoms with Gasteiger partial charge in [-0.3, -0.25) is 0 Å². The molecule has 2 N–H and O–H groups in total. The zero-order valence-corrected chi connectivity index (χ0v) is 15.1. The van der Waals surface area contributed by atoms with E-state index in [1.807, 2.05) is 0 Å². The first-order chi connectivity index (χ1) is 12.1. The molecule has 2 aliphatic heterocycles. The Morgan fingerprint density at radius 2 is 1.68 bits per heavy atom. The zero-order chi connectivity index (χ0) is 17.4. The first kappa shape index (κ1) is 16.2. The van der Waals surface area contributed by atoms with Crippen LogP contribution in [0.5, 0.6) is 0 Å². The van der Waals surface area contributed by atoms with Crippen molar-refractivity contribution in [2.45, 2.75) is 32.6 Å². The van der Waals surface area contributed by atoms with Crippen LogP contribution in [-0.4, -0.2) is 37.4 Å². The fourth-order valence-electron chi connectivity index (χ4n) is 3.71. The molecule has 1 saturated heterocycles. The molecule has 2 aliphatic rings. The molecule has 4 rings (SSSR count). The van der Waals surface area contributed by atoms with Crippen molar-refractivity contribution in [2.24, 2.45) is 0 Å². The third-order valence-electron chi connectivity index (χ3n) is 4.77. The number of nitrogens with zero attached hydrogens (tertiary/aromatic N) is 2. The van der Waals surface area contributed by atoms with E-state index in [-0.39, 0.29) is 12.2 Å². The van der Waals surface area contributed by atoms with Gasteiger partial charge in [-0.2, -0.15) is 0 Å². The lowest BCUT2D eigenvalue weighted by atomic mass is 10.1. The summed E-state index contributed by atoms with van der Waals surface area (Å²) < 4.78 is 5.82. The Balaban J connectivity index is 1.45. The molecule has 2 unspecified atom stereocenters. The van der Waals surface area contributed by atoms with E-state index in [2.05, 4.69) is 84.0 Å². The Morgan fingerprint density at radius 3 is 2.40 bits per heavy atom. The van der Waals surface area contributed by atoms with Crippen molar-refractivity contribution in [2.75, 3.05) is 35.8 Å². The fraction of sp³-hybridized carbons (Fsp3) is 0.400. The minimum atomic E-state index is 0.276. The van der Waals surface area contributed by atoms with Crippen molar-refractivity contribution < 1.29 is 4.74 Å². The predicted molar refractivity (Wildman–Crippen MR) is 103 cm³/mol. The van der Waals surface area contributed by atoms with Crippen molar-refractivity contribution >= 4 is 22.7 Å². The molecule has 5 nitrogen and oxygen atoms in total. The smallest absolute Gasteiger partial charge is 0.0726 e. The second-order valence-corrected chi connectivity index (χ2v) is 7.17. The first-order valence-corrected chi connectivity index (χ1v) is 8.95. The van der Waals surface area contributed by atoms with E-state index in [0.29, 0.717) is 0 Å². The Morgan fingerprint density at radius 1 is 1.00 bits per heavy atom. The van der Waals surface area contributed by atoms with Crippen LogP contribution in [0.15, 0.2) is 42.5 Å². The summed E-state index contributed by atoms with van der Waals surface area (Å²) in [4.78, 5) is 2.40.